The highest BCUT2D eigenvalue weighted by molar-refractivity contribution is 8.10. The van der Waals surface area contributed by atoms with E-state index in [2.05, 4.69) is 43.2 Å². The summed E-state index contributed by atoms with van der Waals surface area (Å²) in [7, 11) is 0. The molecule has 0 amide bonds. The van der Waals surface area contributed by atoms with E-state index in [9.17, 15) is 0 Å². The zero-order valence-electron chi connectivity index (χ0n) is 8.53. The number of thiocarbonyl (C=S) groups is 1. The van der Waals surface area contributed by atoms with Gasteiger partial charge in [0.05, 0.1) is 0 Å². The first-order chi connectivity index (χ1) is 6.02. The molecule has 1 saturated heterocycles. The lowest BCUT2D eigenvalue weighted by Gasteiger charge is -2.42. The Balaban J connectivity index is 2.51. The van der Waals surface area contributed by atoms with Crippen molar-refractivity contribution in [2.75, 3.05) is 19.6 Å². The van der Waals surface area contributed by atoms with Crippen molar-refractivity contribution in [3.8, 4) is 0 Å². The minimum atomic E-state index is 0.501. The van der Waals surface area contributed by atoms with Crippen LogP contribution in [0.1, 0.15) is 20.8 Å². The largest absolute Gasteiger partial charge is 0.352 e. The Morgan fingerprint density at radius 1 is 1.46 bits per heavy atom. The highest BCUT2D eigenvalue weighted by Crippen LogP contribution is 2.13. The lowest BCUT2D eigenvalue weighted by atomic mass is 10.2. The van der Waals surface area contributed by atoms with Crippen molar-refractivity contribution in [2.24, 2.45) is 0 Å². The molecule has 1 fully saturated rings. The molecule has 0 radical (unpaired) electrons. The van der Waals surface area contributed by atoms with Crippen LogP contribution in [0.4, 0.5) is 0 Å². The summed E-state index contributed by atoms with van der Waals surface area (Å²) in [6, 6.07) is 1.14. The van der Waals surface area contributed by atoms with Crippen molar-refractivity contribution in [1.29, 1.82) is 0 Å². The van der Waals surface area contributed by atoms with Crippen molar-refractivity contribution in [3.63, 3.8) is 0 Å². The van der Waals surface area contributed by atoms with Gasteiger partial charge in [0.15, 0.2) is 0 Å². The first-order valence-electron chi connectivity index (χ1n) is 4.76. The fourth-order valence-corrected chi connectivity index (χ4v) is 2.31. The van der Waals surface area contributed by atoms with Crippen LogP contribution in [0.2, 0.25) is 0 Å². The van der Waals surface area contributed by atoms with Crippen LogP contribution in [0.5, 0.6) is 0 Å². The molecule has 0 aromatic heterocycles. The summed E-state index contributed by atoms with van der Waals surface area (Å²) in [5.41, 5.74) is 0. The molecule has 76 valence electrons. The SMILES string of the molecule is CC(C)N1CCN(C(=S)S)C(C)C1. The quantitative estimate of drug-likeness (QED) is 0.528. The number of thiol groups is 1. The second kappa shape index (κ2) is 4.62. The molecule has 0 bridgehead atoms. The maximum atomic E-state index is 5.07. The minimum Gasteiger partial charge on any atom is -0.352 e. The molecule has 1 heterocycles. The normalized spacial score (nSPS) is 25.3. The Morgan fingerprint density at radius 2 is 2.08 bits per heavy atom. The van der Waals surface area contributed by atoms with Gasteiger partial charge in [-0.2, -0.15) is 0 Å². The van der Waals surface area contributed by atoms with Gasteiger partial charge in [0.25, 0.3) is 0 Å². The maximum Gasteiger partial charge on any atom is 0.133 e. The van der Waals surface area contributed by atoms with E-state index in [0.717, 1.165) is 24.0 Å². The summed E-state index contributed by atoms with van der Waals surface area (Å²) >= 11 is 9.29. The van der Waals surface area contributed by atoms with Gasteiger partial charge in [0.2, 0.25) is 0 Å². The molecule has 1 aliphatic rings. The molecule has 1 aliphatic heterocycles. The molecule has 0 saturated carbocycles. The Kier molecular flexibility index (Phi) is 4.01. The summed E-state index contributed by atoms with van der Waals surface area (Å²) in [6.45, 7) is 9.89. The maximum absolute atomic E-state index is 5.07. The van der Waals surface area contributed by atoms with Crippen LogP contribution in [0.25, 0.3) is 0 Å². The van der Waals surface area contributed by atoms with Crippen LogP contribution in [0, 0.1) is 0 Å². The van der Waals surface area contributed by atoms with Gasteiger partial charge < -0.3 is 4.90 Å². The number of hydrogen-bond donors (Lipinski definition) is 1. The highest BCUT2D eigenvalue weighted by Gasteiger charge is 2.25. The van der Waals surface area contributed by atoms with E-state index in [1.165, 1.54) is 0 Å². The van der Waals surface area contributed by atoms with E-state index < -0.39 is 0 Å². The van der Waals surface area contributed by atoms with Gasteiger partial charge in [-0.3, -0.25) is 4.90 Å². The molecular formula is C9H18N2S2. The molecule has 0 N–H and O–H groups in total. The zero-order valence-corrected chi connectivity index (χ0v) is 10.2. The fraction of sp³-hybridized carbons (Fsp3) is 0.889. The van der Waals surface area contributed by atoms with Gasteiger partial charge in [0.1, 0.15) is 4.32 Å². The van der Waals surface area contributed by atoms with Gasteiger partial charge in [-0.25, -0.2) is 0 Å². The molecule has 0 aliphatic carbocycles. The smallest absolute Gasteiger partial charge is 0.133 e. The third kappa shape index (κ3) is 2.82. The predicted molar refractivity (Wildman–Crippen MR) is 64.5 cm³/mol. The highest BCUT2D eigenvalue weighted by atomic mass is 32.1. The van der Waals surface area contributed by atoms with Crippen molar-refractivity contribution in [2.45, 2.75) is 32.9 Å². The molecule has 0 aromatic carbocycles. The van der Waals surface area contributed by atoms with Crippen LogP contribution in [-0.4, -0.2) is 45.8 Å². The molecular weight excluding hydrogens is 200 g/mol. The average Bonchev–Trinajstić information content (AvgIpc) is 2.03. The van der Waals surface area contributed by atoms with Crippen molar-refractivity contribution in [3.05, 3.63) is 0 Å². The molecule has 0 spiro atoms. The fourth-order valence-electron chi connectivity index (χ4n) is 1.74. The van der Waals surface area contributed by atoms with Crippen LogP contribution < -0.4 is 0 Å². The first-order valence-corrected chi connectivity index (χ1v) is 5.61. The second-order valence-corrected chi connectivity index (χ2v) is 5.03. The minimum absolute atomic E-state index is 0.501. The Morgan fingerprint density at radius 3 is 2.46 bits per heavy atom. The molecule has 13 heavy (non-hydrogen) atoms. The Labute approximate surface area is 91.7 Å². The van der Waals surface area contributed by atoms with Crippen molar-refractivity contribution in [1.82, 2.24) is 9.80 Å². The standard InChI is InChI=1S/C9H18N2S2/c1-7(2)10-4-5-11(9(12)13)8(3)6-10/h7-8H,4-6H2,1-3H3,(H,12,13). The molecule has 1 rings (SSSR count). The van der Waals surface area contributed by atoms with Crippen molar-refractivity contribution >= 4 is 29.2 Å². The zero-order chi connectivity index (χ0) is 10.0. The lowest BCUT2D eigenvalue weighted by Crippen LogP contribution is -2.54. The van der Waals surface area contributed by atoms with Crippen LogP contribution in [-0.2, 0) is 0 Å². The van der Waals surface area contributed by atoms with E-state index in [4.69, 9.17) is 12.2 Å². The number of rotatable bonds is 1. The summed E-state index contributed by atoms with van der Waals surface area (Å²) in [4.78, 5) is 4.67. The second-order valence-electron chi connectivity index (χ2n) is 3.91. The molecule has 4 heteroatoms. The topological polar surface area (TPSA) is 6.48 Å². The molecule has 2 nitrogen and oxygen atoms in total. The van der Waals surface area contributed by atoms with Crippen LogP contribution in [0.3, 0.4) is 0 Å². The predicted octanol–water partition coefficient (Wildman–Crippen LogP) is 1.62. The van der Waals surface area contributed by atoms with Crippen LogP contribution >= 0.6 is 24.8 Å². The molecule has 1 atom stereocenters. The van der Waals surface area contributed by atoms with E-state index in [0.29, 0.717) is 12.1 Å². The Hall–Kier alpha value is 0.200. The van der Waals surface area contributed by atoms with E-state index in [-0.39, 0.29) is 0 Å². The molecule has 1 unspecified atom stereocenters. The lowest BCUT2D eigenvalue weighted by molar-refractivity contribution is 0.112. The Bertz CT molecular complexity index is 194. The van der Waals surface area contributed by atoms with Gasteiger partial charge in [-0.1, -0.05) is 12.2 Å². The summed E-state index contributed by atoms with van der Waals surface area (Å²) < 4.78 is 0.732. The van der Waals surface area contributed by atoms with Gasteiger partial charge >= 0.3 is 0 Å². The summed E-state index contributed by atoms with van der Waals surface area (Å²) in [6.07, 6.45) is 0. The third-order valence-corrected chi connectivity index (χ3v) is 3.13. The average molecular weight is 218 g/mol. The third-order valence-electron chi connectivity index (χ3n) is 2.63. The number of hydrogen-bond acceptors (Lipinski definition) is 2. The van der Waals surface area contributed by atoms with Gasteiger partial charge in [-0.15, -0.1) is 12.6 Å². The van der Waals surface area contributed by atoms with E-state index >= 15 is 0 Å². The summed E-state index contributed by atoms with van der Waals surface area (Å²) in [5.74, 6) is 0. The number of nitrogens with zero attached hydrogens (tertiary/aromatic N) is 2. The van der Waals surface area contributed by atoms with Crippen LogP contribution in [0.15, 0.2) is 0 Å². The van der Waals surface area contributed by atoms with Gasteiger partial charge in [0, 0.05) is 31.7 Å². The summed E-state index contributed by atoms with van der Waals surface area (Å²) in [5, 5.41) is 0. The van der Waals surface area contributed by atoms with E-state index in [1.54, 1.807) is 0 Å². The van der Waals surface area contributed by atoms with E-state index in [1.807, 2.05) is 0 Å². The monoisotopic (exact) mass is 218 g/mol. The van der Waals surface area contributed by atoms with Gasteiger partial charge in [-0.05, 0) is 20.8 Å². The molecule has 0 aromatic rings. The first kappa shape index (κ1) is 11.3. The number of piperazine rings is 1. The van der Waals surface area contributed by atoms with Crippen molar-refractivity contribution < 1.29 is 0 Å².